The first-order valence-corrected chi connectivity index (χ1v) is 10.6. The minimum Gasteiger partial charge on any atom is -0.469 e. The van der Waals surface area contributed by atoms with Crippen LogP contribution < -0.4 is 10.1 Å². The molecular weight excluding hydrogens is 417 g/mol. The van der Waals surface area contributed by atoms with Gasteiger partial charge in [-0.3, -0.25) is 4.68 Å². The van der Waals surface area contributed by atoms with E-state index in [0.29, 0.717) is 17.0 Å². The van der Waals surface area contributed by atoms with Crippen LogP contribution in [0.1, 0.15) is 34.1 Å². The molecule has 32 heavy (non-hydrogen) atoms. The summed E-state index contributed by atoms with van der Waals surface area (Å²) in [6.07, 6.45) is 2.78. The molecule has 11 heteroatoms. The molecule has 2 atom stereocenters. The fraction of sp³-hybridized carbons (Fsp3) is 0.524. The topological polar surface area (TPSA) is 110 Å². The number of amides is 1. The summed E-state index contributed by atoms with van der Waals surface area (Å²) in [5.41, 5.74) is 0.646. The van der Waals surface area contributed by atoms with Crippen LogP contribution in [0.15, 0.2) is 24.7 Å². The summed E-state index contributed by atoms with van der Waals surface area (Å²) in [5, 5.41) is 7.94. The molecule has 0 aromatic carbocycles. The lowest BCUT2D eigenvalue weighted by Gasteiger charge is -2.35. The Morgan fingerprint density at radius 1 is 1.38 bits per heavy atom. The zero-order valence-corrected chi connectivity index (χ0v) is 18.6. The minimum absolute atomic E-state index is 0.0675. The predicted molar refractivity (Wildman–Crippen MR) is 117 cm³/mol. The number of nitrogens with one attached hydrogen (secondary N) is 2. The number of aromatic amines is 1. The van der Waals surface area contributed by atoms with E-state index < -0.39 is 24.0 Å². The molecular formula is C21H28FN7O3. The minimum atomic E-state index is -1.24. The summed E-state index contributed by atoms with van der Waals surface area (Å²) in [4.78, 5) is 25.9. The summed E-state index contributed by atoms with van der Waals surface area (Å²) >= 11 is 0. The number of carbonyl (C=O) groups is 1. The van der Waals surface area contributed by atoms with E-state index in [-0.39, 0.29) is 25.4 Å². The molecule has 3 aromatic heterocycles. The van der Waals surface area contributed by atoms with E-state index in [1.807, 2.05) is 13.1 Å². The molecule has 0 bridgehead atoms. The Morgan fingerprint density at radius 2 is 2.19 bits per heavy atom. The number of piperidine rings is 1. The molecule has 2 N–H and O–H groups in total. The van der Waals surface area contributed by atoms with E-state index in [0.717, 1.165) is 12.2 Å². The summed E-state index contributed by atoms with van der Waals surface area (Å²) in [5.74, 6) is 0.529. The van der Waals surface area contributed by atoms with Crippen molar-refractivity contribution >= 4 is 28.8 Å². The predicted octanol–water partition coefficient (Wildman–Crippen LogP) is 3.64. The number of aromatic nitrogens is 5. The van der Waals surface area contributed by atoms with E-state index in [4.69, 9.17) is 9.47 Å². The number of anilines is 2. The number of hydrogen-bond donors (Lipinski definition) is 2. The van der Waals surface area contributed by atoms with E-state index in [2.05, 4.69) is 25.4 Å². The molecule has 0 spiro atoms. The first-order chi connectivity index (χ1) is 15.2. The number of H-pyrrole nitrogens is 1. The zero-order chi connectivity index (χ0) is 22.9. The Labute approximate surface area is 185 Å². The molecule has 3 aromatic rings. The average molecular weight is 445 g/mol. The summed E-state index contributed by atoms with van der Waals surface area (Å²) in [6.45, 7) is 8.45. The van der Waals surface area contributed by atoms with Gasteiger partial charge in [-0.15, -0.1) is 0 Å². The van der Waals surface area contributed by atoms with Crippen molar-refractivity contribution in [1.82, 2.24) is 29.6 Å². The SMILES string of the molecule is CCn1cc(Nc2nc(O[C@H]3CN(C(=O)OC(C)(C)C)CC[C@H]3F)c3cc[nH]c3n2)cn1. The van der Waals surface area contributed by atoms with E-state index in [1.165, 1.54) is 4.90 Å². The van der Waals surface area contributed by atoms with Gasteiger partial charge in [0, 0.05) is 31.9 Å². The second kappa shape index (κ2) is 8.64. The van der Waals surface area contributed by atoms with Crippen LogP contribution in [-0.2, 0) is 11.3 Å². The number of likely N-dealkylation sites (tertiary alicyclic amines) is 1. The Hall–Kier alpha value is -3.37. The fourth-order valence-corrected chi connectivity index (χ4v) is 3.42. The number of aryl methyl sites for hydroxylation is 1. The van der Waals surface area contributed by atoms with Crippen molar-refractivity contribution in [3.05, 3.63) is 24.7 Å². The van der Waals surface area contributed by atoms with Crippen LogP contribution in [0.25, 0.3) is 11.0 Å². The molecule has 1 saturated heterocycles. The number of rotatable bonds is 5. The maximum Gasteiger partial charge on any atom is 0.410 e. The van der Waals surface area contributed by atoms with Crippen molar-refractivity contribution in [3.8, 4) is 5.88 Å². The number of halogens is 1. The fourth-order valence-electron chi connectivity index (χ4n) is 3.42. The van der Waals surface area contributed by atoms with Gasteiger partial charge in [-0.05, 0) is 33.8 Å². The normalized spacial score (nSPS) is 19.2. The maximum atomic E-state index is 14.7. The van der Waals surface area contributed by atoms with Crippen molar-refractivity contribution in [3.63, 3.8) is 0 Å². The molecule has 172 valence electrons. The van der Waals surface area contributed by atoms with Gasteiger partial charge in [0.05, 0.1) is 23.8 Å². The van der Waals surface area contributed by atoms with Crippen LogP contribution in [-0.4, -0.2) is 66.7 Å². The highest BCUT2D eigenvalue weighted by molar-refractivity contribution is 5.82. The Morgan fingerprint density at radius 3 is 2.91 bits per heavy atom. The molecule has 1 aliphatic heterocycles. The van der Waals surface area contributed by atoms with Crippen molar-refractivity contribution in [2.45, 2.75) is 58.5 Å². The molecule has 1 fully saturated rings. The number of alkyl halides is 1. The van der Waals surface area contributed by atoms with Crippen LogP contribution in [0.4, 0.5) is 20.8 Å². The lowest BCUT2D eigenvalue weighted by molar-refractivity contribution is -0.0129. The van der Waals surface area contributed by atoms with Crippen LogP contribution in [0, 0.1) is 0 Å². The number of ether oxygens (including phenoxy) is 2. The second-order valence-corrected chi connectivity index (χ2v) is 8.69. The van der Waals surface area contributed by atoms with Gasteiger partial charge in [0.2, 0.25) is 11.8 Å². The van der Waals surface area contributed by atoms with Crippen molar-refractivity contribution in [1.29, 1.82) is 0 Å². The van der Waals surface area contributed by atoms with Gasteiger partial charge in [0.25, 0.3) is 0 Å². The molecule has 1 aliphatic rings. The quantitative estimate of drug-likeness (QED) is 0.617. The average Bonchev–Trinajstić information content (AvgIpc) is 3.37. The summed E-state index contributed by atoms with van der Waals surface area (Å²) in [6, 6.07) is 1.77. The van der Waals surface area contributed by atoms with Crippen molar-refractivity contribution in [2.75, 3.05) is 18.4 Å². The Bertz CT molecular complexity index is 1090. The second-order valence-electron chi connectivity index (χ2n) is 8.69. The first kappa shape index (κ1) is 21.8. The third-order valence-corrected chi connectivity index (χ3v) is 4.99. The number of fused-ring (bicyclic) bond motifs is 1. The molecule has 10 nitrogen and oxygen atoms in total. The monoisotopic (exact) mass is 445 g/mol. The van der Waals surface area contributed by atoms with E-state index in [1.54, 1.807) is 43.9 Å². The van der Waals surface area contributed by atoms with Gasteiger partial charge in [0.15, 0.2) is 0 Å². The zero-order valence-electron chi connectivity index (χ0n) is 18.6. The third kappa shape index (κ3) is 4.92. The lowest BCUT2D eigenvalue weighted by Crippen LogP contribution is -2.51. The molecule has 1 amide bonds. The number of carbonyl (C=O) groups excluding carboxylic acids is 1. The van der Waals surface area contributed by atoms with Crippen LogP contribution in [0.2, 0.25) is 0 Å². The highest BCUT2D eigenvalue weighted by atomic mass is 19.1. The molecule has 0 saturated carbocycles. The van der Waals surface area contributed by atoms with E-state index >= 15 is 0 Å². The van der Waals surface area contributed by atoms with Crippen molar-refractivity contribution in [2.24, 2.45) is 0 Å². The van der Waals surface area contributed by atoms with Crippen LogP contribution in [0.5, 0.6) is 5.88 Å². The third-order valence-electron chi connectivity index (χ3n) is 4.99. The molecule has 0 radical (unpaired) electrons. The molecule has 0 aliphatic carbocycles. The summed E-state index contributed by atoms with van der Waals surface area (Å²) < 4.78 is 27.9. The highest BCUT2D eigenvalue weighted by Crippen LogP contribution is 2.28. The molecule has 0 unspecified atom stereocenters. The van der Waals surface area contributed by atoms with Gasteiger partial charge < -0.3 is 24.7 Å². The van der Waals surface area contributed by atoms with Gasteiger partial charge in [-0.25, -0.2) is 9.18 Å². The number of hydrogen-bond acceptors (Lipinski definition) is 7. The molecule has 4 rings (SSSR count). The first-order valence-electron chi connectivity index (χ1n) is 10.6. The smallest absolute Gasteiger partial charge is 0.410 e. The maximum absolute atomic E-state index is 14.7. The molecule has 4 heterocycles. The van der Waals surface area contributed by atoms with E-state index in [9.17, 15) is 9.18 Å². The van der Waals surface area contributed by atoms with Gasteiger partial charge in [-0.2, -0.15) is 15.1 Å². The highest BCUT2D eigenvalue weighted by Gasteiger charge is 2.35. The van der Waals surface area contributed by atoms with Crippen LogP contribution >= 0.6 is 0 Å². The Kier molecular flexibility index (Phi) is 5.90. The van der Waals surface area contributed by atoms with Gasteiger partial charge in [-0.1, -0.05) is 0 Å². The lowest BCUT2D eigenvalue weighted by atomic mass is 10.1. The Balaban J connectivity index is 1.54. The van der Waals surface area contributed by atoms with Gasteiger partial charge >= 0.3 is 6.09 Å². The van der Waals surface area contributed by atoms with Crippen molar-refractivity contribution < 1.29 is 18.7 Å². The van der Waals surface area contributed by atoms with Gasteiger partial charge in [0.1, 0.15) is 23.5 Å². The summed E-state index contributed by atoms with van der Waals surface area (Å²) in [7, 11) is 0. The largest absolute Gasteiger partial charge is 0.469 e. The number of nitrogens with zero attached hydrogens (tertiary/aromatic N) is 5. The van der Waals surface area contributed by atoms with Crippen LogP contribution in [0.3, 0.4) is 0 Å². The standard InChI is InChI=1S/C21H28FN7O3/c1-5-29-11-13(10-24-29)25-19-26-17-14(6-8-23-17)18(27-19)31-16-12-28(9-7-15(16)22)20(30)32-21(2,3)4/h6,8,10-11,15-16H,5,7,9,12H2,1-4H3,(H2,23,25,26,27)/t15-,16+/m1/s1.